The number of nitrogens with zero attached hydrogens (tertiary/aromatic N) is 2. The van der Waals surface area contributed by atoms with E-state index in [2.05, 4.69) is 15.3 Å². The molecule has 4 nitrogen and oxygen atoms in total. The highest BCUT2D eigenvalue weighted by Gasteiger charge is 2.10. The van der Waals surface area contributed by atoms with Crippen LogP contribution in [0, 0.1) is 12.7 Å². The number of ether oxygens (including phenoxy) is 1. The molecule has 0 amide bonds. The molecule has 0 aliphatic carbocycles. The second kappa shape index (κ2) is 6.58. The monoisotopic (exact) mass is 319 g/mol. The van der Waals surface area contributed by atoms with Gasteiger partial charge in [-0.25, -0.2) is 14.4 Å². The van der Waals surface area contributed by atoms with Gasteiger partial charge in [0.15, 0.2) is 11.6 Å². The molecule has 0 spiro atoms. The molecule has 0 unspecified atom stereocenters. The van der Waals surface area contributed by atoms with E-state index in [0.717, 1.165) is 11.3 Å². The Labute approximate surface area is 133 Å². The molecule has 0 radical (unpaired) electrons. The van der Waals surface area contributed by atoms with E-state index in [-0.39, 0.29) is 18.2 Å². The molecule has 3 rings (SSSR count). The van der Waals surface area contributed by atoms with Gasteiger partial charge in [-0.05, 0) is 30.7 Å². The fraction of sp³-hybridized carbons (Fsp3) is 0.125. The van der Waals surface area contributed by atoms with Crippen molar-refractivity contribution in [2.45, 2.75) is 6.92 Å². The highest BCUT2D eigenvalue weighted by atomic mass is 35.5. The average molecular weight is 320 g/mol. The number of benzene rings is 2. The summed E-state index contributed by atoms with van der Waals surface area (Å²) < 4.78 is 18.7. The van der Waals surface area contributed by atoms with E-state index >= 15 is 0 Å². The van der Waals surface area contributed by atoms with Crippen LogP contribution in [0.15, 0.2) is 42.7 Å². The standard InChI is InChI=1S/C16H14FN3O.ClH/c1-10-4-3-5-11(6-10)20-16-12-7-15(21-2)13(17)8-14(12)18-9-19-16;/h3-9H,1-2H3,(H,18,19,20);1H. The molecule has 0 saturated heterocycles. The van der Waals surface area contributed by atoms with Gasteiger partial charge in [-0.2, -0.15) is 0 Å². The van der Waals surface area contributed by atoms with Crippen molar-refractivity contribution in [3.8, 4) is 5.75 Å². The molecule has 1 N–H and O–H groups in total. The number of aryl methyl sites for hydroxylation is 1. The van der Waals surface area contributed by atoms with Crippen LogP contribution in [-0.4, -0.2) is 17.1 Å². The van der Waals surface area contributed by atoms with E-state index in [4.69, 9.17) is 4.74 Å². The summed E-state index contributed by atoms with van der Waals surface area (Å²) in [4.78, 5) is 8.33. The van der Waals surface area contributed by atoms with E-state index in [1.54, 1.807) is 6.07 Å². The maximum absolute atomic E-state index is 13.7. The molecule has 6 heteroatoms. The third-order valence-corrected chi connectivity index (χ3v) is 3.19. The third kappa shape index (κ3) is 3.09. The highest BCUT2D eigenvalue weighted by molar-refractivity contribution is 5.91. The Bertz CT molecular complexity index is 810. The minimum atomic E-state index is -0.440. The smallest absolute Gasteiger partial charge is 0.167 e. The average Bonchev–Trinajstić information content (AvgIpc) is 2.47. The number of fused-ring (bicyclic) bond motifs is 1. The third-order valence-electron chi connectivity index (χ3n) is 3.19. The quantitative estimate of drug-likeness (QED) is 0.784. The van der Waals surface area contributed by atoms with E-state index in [9.17, 15) is 4.39 Å². The molecule has 3 aromatic rings. The predicted octanol–water partition coefficient (Wildman–Crippen LogP) is 4.25. The first-order valence-electron chi connectivity index (χ1n) is 6.49. The molecule has 1 aromatic heterocycles. The first kappa shape index (κ1) is 16.0. The Morgan fingerprint density at radius 2 is 1.95 bits per heavy atom. The van der Waals surface area contributed by atoms with Crippen LogP contribution < -0.4 is 10.1 Å². The molecule has 22 heavy (non-hydrogen) atoms. The Morgan fingerprint density at radius 1 is 1.14 bits per heavy atom. The summed E-state index contributed by atoms with van der Waals surface area (Å²) in [5.74, 6) is 0.346. The van der Waals surface area contributed by atoms with Gasteiger partial charge in [0.05, 0.1) is 12.6 Å². The van der Waals surface area contributed by atoms with Crippen LogP contribution in [0.25, 0.3) is 10.9 Å². The number of hydrogen-bond donors (Lipinski definition) is 1. The van der Waals surface area contributed by atoms with Crippen molar-refractivity contribution in [1.29, 1.82) is 0 Å². The lowest BCUT2D eigenvalue weighted by atomic mass is 10.2. The summed E-state index contributed by atoms with van der Waals surface area (Å²) in [5, 5.41) is 3.94. The zero-order valence-corrected chi connectivity index (χ0v) is 12.9. The van der Waals surface area contributed by atoms with Crippen molar-refractivity contribution in [3.05, 3.63) is 54.1 Å². The van der Waals surface area contributed by atoms with Crippen molar-refractivity contribution in [2.75, 3.05) is 12.4 Å². The minimum Gasteiger partial charge on any atom is -0.494 e. The molecule has 0 saturated carbocycles. The fourth-order valence-corrected chi connectivity index (χ4v) is 2.17. The predicted molar refractivity (Wildman–Crippen MR) is 87.8 cm³/mol. The second-order valence-corrected chi connectivity index (χ2v) is 4.72. The van der Waals surface area contributed by atoms with Crippen molar-refractivity contribution in [3.63, 3.8) is 0 Å². The van der Waals surface area contributed by atoms with Crippen LogP contribution >= 0.6 is 12.4 Å². The van der Waals surface area contributed by atoms with Gasteiger partial charge in [0.2, 0.25) is 0 Å². The Hall–Kier alpha value is -2.40. The fourth-order valence-electron chi connectivity index (χ4n) is 2.17. The van der Waals surface area contributed by atoms with Crippen LogP contribution in [0.4, 0.5) is 15.9 Å². The van der Waals surface area contributed by atoms with Crippen LogP contribution in [-0.2, 0) is 0 Å². The first-order chi connectivity index (χ1) is 10.2. The zero-order valence-electron chi connectivity index (χ0n) is 12.1. The summed E-state index contributed by atoms with van der Waals surface area (Å²) >= 11 is 0. The van der Waals surface area contributed by atoms with Gasteiger partial charge in [0.1, 0.15) is 12.1 Å². The second-order valence-electron chi connectivity index (χ2n) is 4.72. The molecule has 0 aliphatic rings. The normalized spacial score (nSPS) is 10.1. The lowest BCUT2D eigenvalue weighted by Crippen LogP contribution is -1.97. The molecular weight excluding hydrogens is 305 g/mol. The van der Waals surface area contributed by atoms with Crippen molar-refractivity contribution >= 4 is 34.8 Å². The van der Waals surface area contributed by atoms with Gasteiger partial charge in [-0.3, -0.25) is 0 Å². The summed E-state index contributed by atoms with van der Waals surface area (Å²) in [6.07, 6.45) is 1.41. The highest BCUT2D eigenvalue weighted by Crippen LogP contribution is 2.29. The Morgan fingerprint density at radius 3 is 2.68 bits per heavy atom. The number of rotatable bonds is 3. The lowest BCUT2D eigenvalue weighted by molar-refractivity contribution is 0.387. The lowest BCUT2D eigenvalue weighted by Gasteiger charge is -2.10. The number of methoxy groups -OCH3 is 1. The zero-order chi connectivity index (χ0) is 14.8. The van der Waals surface area contributed by atoms with E-state index in [1.165, 1.54) is 19.5 Å². The van der Waals surface area contributed by atoms with Gasteiger partial charge >= 0.3 is 0 Å². The number of anilines is 2. The Balaban J connectivity index is 0.00000176. The Kier molecular flexibility index (Phi) is 4.78. The molecule has 1 heterocycles. The number of halogens is 2. The molecule has 114 valence electrons. The number of hydrogen-bond acceptors (Lipinski definition) is 4. The maximum Gasteiger partial charge on any atom is 0.167 e. The molecule has 0 fully saturated rings. The van der Waals surface area contributed by atoms with Gasteiger partial charge < -0.3 is 10.1 Å². The van der Waals surface area contributed by atoms with Crippen LogP contribution in [0.1, 0.15) is 5.56 Å². The van der Waals surface area contributed by atoms with E-state index in [0.29, 0.717) is 16.7 Å². The molecular formula is C16H15ClFN3O. The summed E-state index contributed by atoms with van der Waals surface area (Å²) in [5.41, 5.74) is 2.58. The van der Waals surface area contributed by atoms with E-state index < -0.39 is 5.82 Å². The van der Waals surface area contributed by atoms with Crippen LogP contribution in [0.2, 0.25) is 0 Å². The first-order valence-corrected chi connectivity index (χ1v) is 6.49. The molecule has 0 aliphatic heterocycles. The van der Waals surface area contributed by atoms with Crippen LogP contribution in [0.5, 0.6) is 5.75 Å². The van der Waals surface area contributed by atoms with Crippen molar-refractivity contribution in [2.24, 2.45) is 0 Å². The van der Waals surface area contributed by atoms with Gasteiger partial charge in [0.25, 0.3) is 0 Å². The van der Waals surface area contributed by atoms with Gasteiger partial charge in [-0.15, -0.1) is 12.4 Å². The van der Waals surface area contributed by atoms with Crippen molar-refractivity contribution in [1.82, 2.24) is 9.97 Å². The molecule has 0 bridgehead atoms. The summed E-state index contributed by atoms with van der Waals surface area (Å²) in [6.45, 7) is 2.02. The van der Waals surface area contributed by atoms with Gasteiger partial charge in [-0.1, -0.05) is 12.1 Å². The largest absolute Gasteiger partial charge is 0.494 e. The molecule has 0 atom stereocenters. The minimum absolute atomic E-state index is 0. The number of nitrogens with one attached hydrogen (secondary N) is 1. The maximum atomic E-state index is 13.7. The van der Waals surface area contributed by atoms with E-state index in [1.807, 2.05) is 31.2 Å². The topological polar surface area (TPSA) is 47.0 Å². The molecule has 2 aromatic carbocycles. The summed E-state index contributed by atoms with van der Waals surface area (Å²) in [7, 11) is 1.43. The summed E-state index contributed by atoms with van der Waals surface area (Å²) in [6, 6.07) is 10.9. The SMILES string of the molecule is COc1cc2c(Nc3cccc(C)c3)ncnc2cc1F.Cl. The van der Waals surface area contributed by atoms with Crippen LogP contribution in [0.3, 0.4) is 0 Å². The van der Waals surface area contributed by atoms with Gasteiger partial charge in [0, 0.05) is 17.1 Å². The van der Waals surface area contributed by atoms with Crippen molar-refractivity contribution < 1.29 is 9.13 Å². The number of aromatic nitrogens is 2.